The molecule has 1 saturated carbocycles. The van der Waals surface area contributed by atoms with E-state index < -0.39 is 4.92 Å². The summed E-state index contributed by atoms with van der Waals surface area (Å²) in [4.78, 5) is 22.5. The van der Waals surface area contributed by atoms with Crippen molar-refractivity contribution in [2.45, 2.75) is 57.5 Å². The summed E-state index contributed by atoms with van der Waals surface area (Å²) in [7, 11) is 0. The van der Waals surface area contributed by atoms with Gasteiger partial charge in [0.15, 0.2) is 5.76 Å². The lowest BCUT2D eigenvalue weighted by molar-refractivity contribution is -0.385. The predicted octanol–water partition coefficient (Wildman–Crippen LogP) is 3.28. The molecule has 0 spiro atoms. The third-order valence-corrected chi connectivity index (χ3v) is 4.47. The maximum Gasteiger partial charge on any atom is 0.307 e. The van der Waals surface area contributed by atoms with Crippen molar-refractivity contribution in [2.24, 2.45) is 0 Å². The highest BCUT2D eigenvalue weighted by molar-refractivity contribution is 5.91. The summed E-state index contributed by atoms with van der Waals surface area (Å²) in [6, 6.07) is 3.53. The summed E-state index contributed by atoms with van der Waals surface area (Å²) in [5, 5.41) is 17.6. The van der Waals surface area contributed by atoms with Gasteiger partial charge >= 0.3 is 5.69 Å². The van der Waals surface area contributed by atoms with E-state index in [-0.39, 0.29) is 29.9 Å². The van der Waals surface area contributed by atoms with Crippen molar-refractivity contribution in [2.75, 3.05) is 0 Å². The highest BCUT2D eigenvalue weighted by Gasteiger charge is 2.18. The molecule has 0 atom stereocenters. The number of aromatic nitrogens is 2. The van der Waals surface area contributed by atoms with E-state index >= 15 is 0 Å². The Morgan fingerprint density at radius 2 is 2.00 bits per heavy atom. The second-order valence-electron chi connectivity index (χ2n) is 6.43. The number of nitrogens with zero attached hydrogens (tertiary/aromatic N) is 3. The number of furan rings is 1. The van der Waals surface area contributed by atoms with Crippen LogP contribution < -0.4 is 5.32 Å². The topological polar surface area (TPSA) is 103 Å². The Morgan fingerprint density at radius 1 is 1.28 bits per heavy atom. The lowest BCUT2D eigenvalue weighted by Gasteiger charge is -2.20. The monoisotopic (exact) mass is 346 g/mol. The number of rotatable bonds is 5. The number of hydrogen-bond donors (Lipinski definition) is 1. The van der Waals surface area contributed by atoms with Gasteiger partial charge in [0.1, 0.15) is 18.2 Å². The first-order valence-corrected chi connectivity index (χ1v) is 8.68. The van der Waals surface area contributed by atoms with Gasteiger partial charge in [0, 0.05) is 6.04 Å². The van der Waals surface area contributed by atoms with Crippen LogP contribution in [0.2, 0.25) is 0 Å². The molecular weight excluding hydrogens is 324 g/mol. The Labute approximate surface area is 145 Å². The first-order chi connectivity index (χ1) is 12.1. The highest BCUT2D eigenvalue weighted by Crippen LogP contribution is 2.18. The normalized spacial score (nSPS) is 16.2. The van der Waals surface area contributed by atoms with E-state index in [0.717, 1.165) is 25.7 Å². The molecule has 2 aromatic rings. The fourth-order valence-electron chi connectivity index (χ4n) is 3.14. The van der Waals surface area contributed by atoms with Crippen LogP contribution in [0.4, 0.5) is 5.69 Å². The third-order valence-electron chi connectivity index (χ3n) is 4.47. The Kier molecular flexibility index (Phi) is 5.47. The van der Waals surface area contributed by atoms with Gasteiger partial charge in [-0.25, -0.2) is 0 Å². The summed E-state index contributed by atoms with van der Waals surface area (Å²) < 4.78 is 6.98. The van der Waals surface area contributed by atoms with Crippen LogP contribution in [0.5, 0.6) is 0 Å². The van der Waals surface area contributed by atoms with Crippen molar-refractivity contribution in [3.8, 4) is 0 Å². The molecule has 0 aromatic carbocycles. The number of hydrogen-bond acceptors (Lipinski definition) is 5. The zero-order valence-electron chi connectivity index (χ0n) is 14.0. The molecule has 0 saturated heterocycles. The molecule has 0 radical (unpaired) electrons. The van der Waals surface area contributed by atoms with E-state index in [2.05, 4.69) is 10.4 Å². The van der Waals surface area contributed by atoms with Gasteiger partial charge in [0.25, 0.3) is 5.91 Å². The maximum absolute atomic E-state index is 12.4. The second kappa shape index (κ2) is 7.96. The van der Waals surface area contributed by atoms with Crippen molar-refractivity contribution < 1.29 is 14.1 Å². The number of amides is 1. The van der Waals surface area contributed by atoms with E-state index in [4.69, 9.17) is 4.42 Å². The Hall–Kier alpha value is -2.64. The molecule has 2 heterocycles. The van der Waals surface area contributed by atoms with Gasteiger partial charge < -0.3 is 9.73 Å². The molecule has 1 aliphatic carbocycles. The molecule has 0 unspecified atom stereocenters. The first-order valence-electron chi connectivity index (χ1n) is 8.68. The maximum atomic E-state index is 12.4. The molecule has 8 nitrogen and oxygen atoms in total. The fraction of sp³-hybridized carbons (Fsp3) is 0.529. The fourth-order valence-corrected chi connectivity index (χ4v) is 3.14. The largest absolute Gasteiger partial charge is 0.454 e. The Balaban J connectivity index is 1.57. The number of carbonyl (C=O) groups excluding carboxylic acids is 1. The summed E-state index contributed by atoms with van der Waals surface area (Å²) in [5.41, 5.74) is -0.0752. The van der Waals surface area contributed by atoms with Crippen molar-refractivity contribution in [1.82, 2.24) is 15.1 Å². The van der Waals surface area contributed by atoms with Crippen LogP contribution in [-0.2, 0) is 6.54 Å². The average Bonchev–Trinajstić information content (AvgIpc) is 3.20. The highest BCUT2D eigenvalue weighted by atomic mass is 16.6. The van der Waals surface area contributed by atoms with Gasteiger partial charge in [-0.3, -0.25) is 19.6 Å². The van der Waals surface area contributed by atoms with Gasteiger partial charge in [-0.1, -0.05) is 32.1 Å². The molecule has 1 amide bonds. The summed E-state index contributed by atoms with van der Waals surface area (Å²) in [6.07, 6.45) is 10.6. The zero-order valence-corrected chi connectivity index (χ0v) is 14.0. The van der Waals surface area contributed by atoms with Crippen molar-refractivity contribution in [3.05, 3.63) is 46.2 Å². The number of carbonyl (C=O) groups is 1. The second-order valence-corrected chi connectivity index (χ2v) is 6.43. The number of nitrogens with one attached hydrogen (secondary N) is 1. The molecule has 8 heteroatoms. The van der Waals surface area contributed by atoms with Gasteiger partial charge in [-0.15, -0.1) is 0 Å². The van der Waals surface area contributed by atoms with Crippen LogP contribution in [0.25, 0.3) is 0 Å². The summed E-state index contributed by atoms with van der Waals surface area (Å²) in [6.45, 7) is 0.241. The Bertz CT molecular complexity index is 729. The Morgan fingerprint density at radius 3 is 2.68 bits per heavy atom. The van der Waals surface area contributed by atoms with Gasteiger partial charge in [-0.2, -0.15) is 5.10 Å². The lowest BCUT2D eigenvalue weighted by atomic mass is 9.97. The first kappa shape index (κ1) is 17.2. The van der Waals surface area contributed by atoms with E-state index in [1.165, 1.54) is 36.3 Å². The van der Waals surface area contributed by atoms with Gasteiger partial charge in [-0.05, 0) is 25.0 Å². The molecule has 0 bridgehead atoms. The van der Waals surface area contributed by atoms with Crippen molar-refractivity contribution in [1.29, 1.82) is 0 Å². The molecule has 3 rings (SSSR count). The van der Waals surface area contributed by atoms with E-state index in [0.29, 0.717) is 5.76 Å². The average molecular weight is 346 g/mol. The molecule has 25 heavy (non-hydrogen) atoms. The summed E-state index contributed by atoms with van der Waals surface area (Å²) in [5.74, 6) is 0.586. The molecule has 1 N–H and O–H groups in total. The molecule has 1 fully saturated rings. The van der Waals surface area contributed by atoms with Gasteiger partial charge in [0.05, 0.1) is 11.5 Å². The zero-order chi connectivity index (χ0) is 17.6. The molecule has 1 aliphatic rings. The molecule has 0 aliphatic heterocycles. The quantitative estimate of drug-likeness (QED) is 0.661. The van der Waals surface area contributed by atoms with E-state index in [1.807, 2.05) is 0 Å². The van der Waals surface area contributed by atoms with Crippen LogP contribution >= 0.6 is 0 Å². The van der Waals surface area contributed by atoms with Crippen LogP contribution in [0.3, 0.4) is 0 Å². The van der Waals surface area contributed by atoms with Crippen molar-refractivity contribution in [3.63, 3.8) is 0 Å². The van der Waals surface area contributed by atoms with Crippen molar-refractivity contribution >= 4 is 11.6 Å². The minimum absolute atomic E-state index is 0.0752. The van der Waals surface area contributed by atoms with Crippen LogP contribution in [0.1, 0.15) is 61.3 Å². The molecule has 2 aromatic heterocycles. The third kappa shape index (κ3) is 4.68. The van der Waals surface area contributed by atoms with Crippen LogP contribution in [0, 0.1) is 10.1 Å². The standard InChI is InChI=1S/C17H22N4O4/c22-17(19-13-6-4-2-1-3-5-7-13)16-9-8-15(25-16)12-20-11-14(10-18-20)21(23)24/h8-11,13H,1-7,12H2,(H,19,22). The smallest absolute Gasteiger partial charge is 0.307 e. The minimum Gasteiger partial charge on any atom is -0.454 e. The van der Waals surface area contributed by atoms with Crippen LogP contribution in [0.15, 0.2) is 28.9 Å². The number of nitro groups is 1. The molecular formula is C17H22N4O4. The van der Waals surface area contributed by atoms with E-state index in [9.17, 15) is 14.9 Å². The lowest BCUT2D eigenvalue weighted by Crippen LogP contribution is -2.35. The molecule has 134 valence electrons. The van der Waals surface area contributed by atoms with Gasteiger partial charge in [0.2, 0.25) is 0 Å². The van der Waals surface area contributed by atoms with E-state index in [1.54, 1.807) is 12.1 Å². The predicted molar refractivity (Wildman–Crippen MR) is 90.3 cm³/mol. The summed E-state index contributed by atoms with van der Waals surface area (Å²) >= 11 is 0. The SMILES string of the molecule is O=C(NC1CCCCCCC1)c1ccc(Cn2cc([N+](=O)[O-])cn2)o1. The van der Waals surface area contributed by atoms with Crippen LogP contribution in [-0.4, -0.2) is 26.7 Å². The minimum atomic E-state index is -0.501.